The number of rotatable bonds is 8. The van der Waals surface area contributed by atoms with Gasteiger partial charge in [-0.3, -0.25) is 9.59 Å². The van der Waals surface area contributed by atoms with Crippen molar-refractivity contribution in [3.63, 3.8) is 0 Å². The minimum atomic E-state index is 0.0830. The zero-order chi connectivity index (χ0) is 19.4. The summed E-state index contributed by atoms with van der Waals surface area (Å²) < 4.78 is 2.22. The van der Waals surface area contributed by atoms with Gasteiger partial charge in [0.05, 0.1) is 11.4 Å². The number of benzene rings is 1. The number of amides is 1. The van der Waals surface area contributed by atoms with Crippen molar-refractivity contribution in [2.45, 2.75) is 58.2 Å². The summed E-state index contributed by atoms with van der Waals surface area (Å²) in [6.45, 7) is 7.98. The van der Waals surface area contributed by atoms with Gasteiger partial charge in [-0.2, -0.15) is 0 Å². The van der Waals surface area contributed by atoms with Crippen LogP contribution in [-0.4, -0.2) is 33.5 Å². The van der Waals surface area contributed by atoms with Crippen LogP contribution in [0.2, 0.25) is 0 Å². The second-order valence-corrected chi connectivity index (χ2v) is 7.92. The topological polar surface area (TPSA) is 55.2 Å². The Hall–Kier alpha value is -2.08. The summed E-state index contributed by atoms with van der Waals surface area (Å²) in [7, 11) is 0. The van der Waals surface area contributed by atoms with Gasteiger partial charge in [0.25, 0.3) is 0 Å². The average Bonchev–Trinajstić information content (AvgIpc) is 3.22. The number of aromatic nitrogens is 2. The molecule has 0 unspecified atom stereocenters. The van der Waals surface area contributed by atoms with Gasteiger partial charge in [0.2, 0.25) is 5.91 Å². The van der Waals surface area contributed by atoms with Crippen LogP contribution in [0.4, 0.5) is 5.69 Å². The minimum Gasteiger partial charge on any atom is -0.323 e. The Morgan fingerprint density at radius 3 is 2.59 bits per heavy atom. The van der Waals surface area contributed by atoms with Crippen molar-refractivity contribution in [1.29, 1.82) is 0 Å². The molecule has 5 nitrogen and oxygen atoms in total. The number of ketones is 1. The smallest absolute Gasteiger partial charge is 0.227 e. The molecule has 1 fully saturated rings. The molecule has 144 valence electrons. The fraction of sp³-hybridized carbons (Fsp3) is 0.476. The van der Waals surface area contributed by atoms with E-state index in [9.17, 15) is 9.59 Å². The van der Waals surface area contributed by atoms with Gasteiger partial charge in [0.1, 0.15) is 0 Å². The molecule has 1 aromatic heterocycles. The number of thioether (sulfide) groups is 1. The van der Waals surface area contributed by atoms with Crippen LogP contribution in [-0.2, 0) is 11.3 Å². The van der Waals surface area contributed by atoms with Gasteiger partial charge >= 0.3 is 0 Å². The standard InChI is InChI=1S/C21H27N3O2S/c1-4-5-12-23-16(3)15(2)22-21(23)27-14-19(25)17-8-10-18(11-9-17)24-13-6-7-20(24)26/h8-11H,4-7,12-14H2,1-3H3. The van der Waals surface area contributed by atoms with Gasteiger partial charge < -0.3 is 9.47 Å². The molecule has 0 N–H and O–H groups in total. The largest absolute Gasteiger partial charge is 0.323 e. The summed E-state index contributed by atoms with van der Waals surface area (Å²) in [5, 5.41) is 0.922. The third-order valence-electron chi connectivity index (χ3n) is 5.06. The van der Waals surface area contributed by atoms with Gasteiger partial charge in [0, 0.05) is 36.5 Å². The molecule has 1 aromatic carbocycles. The molecular formula is C21H27N3O2S. The van der Waals surface area contributed by atoms with E-state index in [4.69, 9.17) is 0 Å². The summed E-state index contributed by atoms with van der Waals surface area (Å²) in [5.74, 6) is 0.609. The van der Waals surface area contributed by atoms with Gasteiger partial charge in [-0.05, 0) is 51.0 Å². The Morgan fingerprint density at radius 2 is 1.96 bits per heavy atom. The Balaban J connectivity index is 1.64. The van der Waals surface area contributed by atoms with Crippen LogP contribution >= 0.6 is 11.8 Å². The van der Waals surface area contributed by atoms with Gasteiger partial charge in [0.15, 0.2) is 10.9 Å². The quantitative estimate of drug-likeness (QED) is 0.499. The maximum atomic E-state index is 12.6. The molecule has 2 aromatic rings. The molecule has 2 heterocycles. The highest BCUT2D eigenvalue weighted by Crippen LogP contribution is 2.25. The third kappa shape index (κ3) is 4.43. The predicted molar refractivity (Wildman–Crippen MR) is 110 cm³/mol. The predicted octanol–water partition coefficient (Wildman–Crippen LogP) is 4.40. The van der Waals surface area contributed by atoms with Crippen molar-refractivity contribution in [1.82, 2.24) is 9.55 Å². The Kier molecular flexibility index (Phi) is 6.37. The van der Waals surface area contributed by atoms with Crippen molar-refractivity contribution in [2.75, 3.05) is 17.2 Å². The number of hydrogen-bond acceptors (Lipinski definition) is 4. The zero-order valence-electron chi connectivity index (χ0n) is 16.3. The molecule has 0 spiro atoms. The van der Waals surface area contributed by atoms with Crippen LogP contribution in [0.15, 0.2) is 29.4 Å². The molecule has 1 aliphatic heterocycles. The minimum absolute atomic E-state index is 0.0830. The first-order valence-corrected chi connectivity index (χ1v) is 10.6. The Bertz CT molecular complexity index is 827. The molecule has 1 saturated heterocycles. The van der Waals surface area contributed by atoms with Crippen molar-refractivity contribution in [2.24, 2.45) is 0 Å². The highest BCUT2D eigenvalue weighted by atomic mass is 32.2. The maximum Gasteiger partial charge on any atom is 0.227 e. The van der Waals surface area contributed by atoms with Crippen LogP contribution in [0.1, 0.15) is 54.4 Å². The summed E-state index contributed by atoms with van der Waals surface area (Å²) >= 11 is 1.50. The number of aryl methyl sites for hydroxylation is 1. The van der Waals surface area contributed by atoms with Gasteiger partial charge in [-0.15, -0.1) is 0 Å². The molecule has 0 saturated carbocycles. The van der Waals surface area contributed by atoms with Crippen LogP contribution in [0.25, 0.3) is 0 Å². The zero-order valence-corrected chi connectivity index (χ0v) is 17.1. The number of carbonyl (C=O) groups excluding carboxylic acids is 2. The SMILES string of the molecule is CCCCn1c(SCC(=O)c2ccc(N3CCCC3=O)cc2)nc(C)c1C. The van der Waals surface area contributed by atoms with Crippen LogP contribution in [0, 0.1) is 13.8 Å². The second kappa shape index (κ2) is 8.74. The van der Waals surface area contributed by atoms with Crippen LogP contribution in [0.5, 0.6) is 0 Å². The van der Waals surface area contributed by atoms with Crippen LogP contribution in [0.3, 0.4) is 0 Å². The second-order valence-electron chi connectivity index (χ2n) is 6.98. The molecular weight excluding hydrogens is 358 g/mol. The third-order valence-corrected chi connectivity index (χ3v) is 6.04. The maximum absolute atomic E-state index is 12.6. The fourth-order valence-electron chi connectivity index (χ4n) is 3.28. The first-order chi connectivity index (χ1) is 13.0. The van der Waals surface area contributed by atoms with Crippen LogP contribution < -0.4 is 4.90 Å². The molecule has 1 aliphatic rings. The van der Waals surface area contributed by atoms with Crippen molar-refractivity contribution < 1.29 is 9.59 Å². The lowest BCUT2D eigenvalue weighted by Crippen LogP contribution is -2.23. The number of imidazole rings is 1. The molecule has 0 aliphatic carbocycles. The monoisotopic (exact) mass is 385 g/mol. The highest BCUT2D eigenvalue weighted by Gasteiger charge is 2.21. The molecule has 1 amide bonds. The van der Waals surface area contributed by atoms with Crippen molar-refractivity contribution in [3.8, 4) is 0 Å². The summed E-state index contributed by atoms with van der Waals surface area (Å²) in [6, 6.07) is 7.39. The fourth-order valence-corrected chi connectivity index (χ4v) is 4.29. The lowest BCUT2D eigenvalue weighted by molar-refractivity contribution is -0.117. The van der Waals surface area contributed by atoms with Crippen molar-refractivity contribution >= 4 is 29.1 Å². The highest BCUT2D eigenvalue weighted by molar-refractivity contribution is 7.99. The first-order valence-electron chi connectivity index (χ1n) is 9.61. The van der Waals surface area contributed by atoms with E-state index in [-0.39, 0.29) is 11.7 Å². The van der Waals surface area contributed by atoms with E-state index in [0.29, 0.717) is 17.7 Å². The number of anilines is 1. The number of unbranched alkanes of at least 4 members (excludes halogenated alkanes) is 1. The summed E-state index contributed by atoms with van der Waals surface area (Å²) in [6.07, 6.45) is 3.75. The van der Waals surface area contributed by atoms with E-state index in [1.807, 2.05) is 31.2 Å². The molecule has 0 atom stereocenters. The molecule has 27 heavy (non-hydrogen) atoms. The molecule has 6 heteroatoms. The first kappa shape index (κ1) is 19.7. The molecule has 0 radical (unpaired) electrons. The lowest BCUT2D eigenvalue weighted by atomic mass is 10.1. The van der Waals surface area contributed by atoms with E-state index in [0.717, 1.165) is 48.9 Å². The van der Waals surface area contributed by atoms with E-state index in [1.165, 1.54) is 17.5 Å². The van der Waals surface area contributed by atoms with E-state index < -0.39 is 0 Å². The Morgan fingerprint density at radius 1 is 1.22 bits per heavy atom. The number of carbonyl (C=O) groups is 2. The summed E-state index contributed by atoms with van der Waals surface area (Å²) in [4.78, 5) is 30.9. The molecule has 0 bridgehead atoms. The summed E-state index contributed by atoms with van der Waals surface area (Å²) in [5.41, 5.74) is 3.76. The number of hydrogen-bond donors (Lipinski definition) is 0. The number of nitrogens with zero attached hydrogens (tertiary/aromatic N) is 3. The van der Waals surface area contributed by atoms with E-state index >= 15 is 0 Å². The Labute approximate surface area is 165 Å². The molecule has 3 rings (SSSR count). The normalized spacial score (nSPS) is 14.2. The number of Topliss-reactive ketones (excluding diaryl/α,β-unsaturated/α-hetero) is 1. The van der Waals surface area contributed by atoms with Gasteiger partial charge in [-0.25, -0.2) is 4.98 Å². The average molecular weight is 386 g/mol. The lowest BCUT2D eigenvalue weighted by Gasteiger charge is -2.15. The van der Waals surface area contributed by atoms with E-state index in [2.05, 4.69) is 23.4 Å². The van der Waals surface area contributed by atoms with Gasteiger partial charge in [-0.1, -0.05) is 25.1 Å². The van der Waals surface area contributed by atoms with Crippen molar-refractivity contribution in [3.05, 3.63) is 41.2 Å². The van der Waals surface area contributed by atoms with E-state index in [1.54, 1.807) is 4.90 Å².